The quantitative estimate of drug-likeness (QED) is 0.830. The van der Waals surface area contributed by atoms with Gasteiger partial charge in [-0.05, 0) is 31.2 Å². The fraction of sp³-hybridized carbons (Fsp3) is 0.750. The minimum absolute atomic E-state index is 0.153. The van der Waals surface area contributed by atoms with Crippen LogP contribution in [0, 0.1) is 12.8 Å². The van der Waals surface area contributed by atoms with Gasteiger partial charge in [0.1, 0.15) is 6.54 Å². The number of aryl methyl sites for hydroxylation is 1. The first-order chi connectivity index (χ1) is 9.95. The van der Waals surface area contributed by atoms with Crippen molar-refractivity contribution in [1.82, 2.24) is 19.6 Å². The van der Waals surface area contributed by atoms with Gasteiger partial charge < -0.3 is 9.80 Å². The summed E-state index contributed by atoms with van der Waals surface area (Å²) < 4.78 is 1.72. The highest BCUT2D eigenvalue weighted by molar-refractivity contribution is 5.76. The smallest absolute Gasteiger partial charge is 0.244 e. The third kappa shape index (κ3) is 4.56. The van der Waals surface area contributed by atoms with E-state index in [4.69, 9.17) is 0 Å². The molecule has 0 unspecified atom stereocenters. The van der Waals surface area contributed by atoms with Crippen molar-refractivity contribution < 1.29 is 4.79 Å². The molecule has 118 valence electrons. The summed E-state index contributed by atoms with van der Waals surface area (Å²) in [7, 11) is 1.93. The van der Waals surface area contributed by atoms with Crippen LogP contribution in [0.15, 0.2) is 12.4 Å². The van der Waals surface area contributed by atoms with E-state index in [1.54, 1.807) is 10.9 Å². The zero-order chi connectivity index (χ0) is 15.4. The maximum absolute atomic E-state index is 12.3. The zero-order valence-corrected chi connectivity index (χ0v) is 13.7. The molecule has 0 N–H and O–H groups in total. The molecule has 5 heteroatoms. The average Bonchev–Trinajstić information content (AvgIpc) is 2.83. The van der Waals surface area contributed by atoms with E-state index in [2.05, 4.69) is 23.8 Å². The van der Waals surface area contributed by atoms with Crippen LogP contribution in [0.25, 0.3) is 0 Å². The average molecular weight is 292 g/mol. The lowest BCUT2D eigenvalue weighted by Crippen LogP contribution is -2.47. The van der Waals surface area contributed by atoms with Gasteiger partial charge in [-0.15, -0.1) is 0 Å². The molecule has 1 fully saturated rings. The van der Waals surface area contributed by atoms with Crippen LogP contribution in [0.2, 0.25) is 0 Å². The summed E-state index contributed by atoms with van der Waals surface area (Å²) in [5.74, 6) is 0.865. The van der Waals surface area contributed by atoms with Crippen LogP contribution in [0.1, 0.15) is 32.3 Å². The summed E-state index contributed by atoms with van der Waals surface area (Å²) in [5, 5.41) is 4.19. The third-order valence-electron chi connectivity index (χ3n) is 4.18. The highest BCUT2D eigenvalue weighted by atomic mass is 16.2. The highest BCUT2D eigenvalue weighted by Gasteiger charge is 2.25. The Morgan fingerprint density at radius 2 is 2.10 bits per heavy atom. The summed E-state index contributed by atoms with van der Waals surface area (Å²) >= 11 is 0. The molecule has 0 atom stereocenters. The summed E-state index contributed by atoms with van der Waals surface area (Å²) in [4.78, 5) is 16.8. The standard InChI is InChI=1S/C16H28N4O/c1-13(2)10-19-7-5-15(6-8-19)18(4)16(21)12-20-11-14(3)9-17-20/h9,11,13,15H,5-8,10,12H2,1-4H3. The van der Waals surface area contributed by atoms with Gasteiger partial charge in [0, 0.05) is 38.9 Å². The zero-order valence-electron chi connectivity index (χ0n) is 13.7. The predicted molar refractivity (Wildman–Crippen MR) is 84.0 cm³/mol. The molecular weight excluding hydrogens is 264 g/mol. The number of likely N-dealkylation sites (N-methyl/N-ethyl adjacent to an activating group) is 1. The molecule has 1 aromatic heterocycles. The first-order valence-electron chi connectivity index (χ1n) is 7.92. The number of rotatable bonds is 5. The molecule has 2 rings (SSSR count). The second-order valence-electron chi connectivity index (χ2n) is 6.65. The van der Waals surface area contributed by atoms with Crippen LogP contribution >= 0.6 is 0 Å². The molecule has 21 heavy (non-hydrogen) atoms. The number of carbonyl (C=O) groups is 1. The second kappa shape index (κ2) is 7.07. The number of hydrogen-bond acceptors (Lipinski definition) is 3. The molecule has 1 aromatic rings. The van der Waals surface area contributed by atoms with Gasteiger partial charge in [-0.3, -0.25) is 9.48 Å². The van der Waals surface area contributed by atoms with Crippen molar-refractivity contribution in [2.75, 3.05) is 26.7 Å². The molecule has 5 nitrogen and oxygen atoms in total. The van der Waals surface area contributed by atoms with Gasteiger partial charge in [0.15, 0.2) is 0 Å². The molecule has 1 aliphatic rings. The fourth-order valence-corrected chi connectivity index (χ4v) is 3.01. The normalized spacial score (nSPS) is 17.4. The van der Waals surface area contributed by atoms with Gasteiger partial charge in [0.2, 0.25) is 5.91 Å². The lowest BCUT2D eigenvalue weighted by molar-refractivity contribution is -0.133. The minimum Gasteiger partial charge on any atom is -0.341 e. The predicted octanol–water partition coefficient (Wildman–Crippen LogP) is 1.77. The molecule has 1 amide bonds. The molecule has 0 aromatic carbocycles. The Balaban J connectivity index is 1.81. The maximum Gasteiger partial charge on any atom is 0.244 e. The van der Waals surface area contributed by atoms with E-state index in [1.165, 1.54) is 0 Å². The van der Waals surface area contributed by atoms with E-state index >= 15 is 0 Å². The third-order valence-corrected chi connectivity index (χ3v) is 4.18. The SMILES string of the molecule is Cc1cnn(CC(=O)N(C)C2CCN(CC(C)C)CC2)c1. The van der Waals surface area contributed by atoms with Crippen molar-refractivity contribution >= 4 is 5.91 Å². The molecule has 0 radical (unpaired) electrons. The van der Waals surface area contributed by atoms with Crippen LogP contribution in [-0.2, 0) is 11.3 Å². The minimum atomic E-state index is 0.153. The summed E-state index contributed by atoms with van der Waals surface area (Å²) in [6.07, 6.45) is 5.86. The second-order valence-corrected chi connectivity index (χ2v) is 6.65. The largest absolute Gasteiger partial charge is 0.341 e. The Morgan fingerprint density at radius 3 is 2.62 bits per heavy atom. The Kier molecular flexibility index (Phi) is 5.39. The van der Waals surface area contributed by atoms with Crippen molar-refractivity contribution in [1.29, 1.82) is 0 Å². The van der Waals surface area contributed by atoms with E-state index in [9.17, 15) is 4.79 Å². The van der Waals surface area contributed by atoms with Gasteiger partial charge >= 0.3 is 0 Å². The van der Waals surface area contributed by atoms with E-state index in [1.807, 2.05) is 25.1 Å². The van der Waals surface area contributed by atoms with Crippen molar-refractivity contribution in [2.45, 2.75) is 46.2 Å². The van der Waals surface area contributed by atoms with E-state index in [-0.39, 0.29) is 5.91 Å². The highest BCUT2D eigenvalue weighted by Crippen LogP contribution is 2.17. The van der Waals surface area contributed by atoms with Crippen LogP contribution in [-0.4, -0.2) is 58.2 Å². The Hall–Kier alpha value is -1.36. The number of carbonyl (C=O) groups excluding carboxylic acids is 1. The van der Waals surface area contributed by atoms with Crippen molar-refractivity contribution in [3.63, 3.8) is 0 Å². The Labute approximate surface area is 127 Å². The fourth-order valence-electron chi connectivity index (χ4n) is 3.01. The number of piperidine rings is 1. The molecular formula is C16H28N4O. The Morgan fingerprint density at radius 1 is 1.43 bits per heavy atom. The molecule has 0 aliphatic carbocycles. The number of nitrogens with zero attached hydrogens (tertiary/aromatic N) is 4. The van der Waals surface area contributed by atoms with Crippen LogP contribution in [0.5, 0.6) is 0 Å². The van der Waals surface area contributed by atoms with Crippen LogP contribution in [0.3, 0.4) is 0 Å². The summed E-state index contributed by atoms with van der Waals surface area (Å²) in [6, 6.07) is 0.373. The Bertz CT molecular complexity index is 461. The summed E-state index contributed by atoms with van der Waals surface area (Å²) in [6.45, 7) is 10.2. The molecule has 1 aliphatic heterocycles. The summed E-state index contributed by atoms with van der Waals surface area (Å²) in [5.41, 5.74) is 1.09. The first-order valence-corrected chi connectivity index (χ1v) is 7.92. The molecule has 0 bridgehead atoms. The van der Waals surface area contributed by atoms with Gasteiger partial charge in [-0.1, -0.05) is 13.8 Å². The van der Waals surface area contributed by atoms with E-state index < -0.39 is 0 Å². The monoisotopic (exact) mass is 292 g/mol. The van der Waals surface area contributed by atoms with E-state index in [0.29, 0.717) is 18.5 Å². The number of amides is 1. The lowest BCUT2D eigenvalue weighted by Gasteiger charge is -2.37. The van der Waals surface area contributed by atoms with Crippen LogP contribution < -0.4 is 0 Å². The number of aromatic nitrogens is 2. The molecule has 0 saturated carbocycles. The van der Waals surface area contributed by atoms with E-state index in [0.717, 1.165) is 38.0 Å². The van der Waals surface area contributed by atoms with Crippen molar-refractivity contribution in [2.24, 2.45) is 5.92 Å². The molecule has 0 spiro atoms. The van der Waals surface area contributed by atoms with Gasteiger partial charge in [-0.25, -0.2) is 0 Å². The van der Waals surface area contributed by atoms with Gasteiger partial charge in [0.25, 0.3) is 0 Å². The molecule has 1 saturated heterocycles. The first kappa shape index (κ1) is 16.0. The number of hydrogen-bond donors (Lipinski definition) is 0. The van der Waals surface area contributed by atoms with Crippen molar-refractivity contribution in [3.05, 3.63) is 18.0 Å². The maximum atomic E-state index is 12.3. The topological polar surface area (TPSA) is 41.4 Å². The molecule has 2 heterocycles. The van der Waals surface area contributed by atoms with Gasteiger partial charge in [0.05, 0.1) is 6.20 Å². The van der Waals surface area contributed by atoms with Crippen LogP contribution in [0.4, 0.5) is 0 Å². The van der Waals surface area contributed by atoms with Crippen molar-refractivity contribution in [3.8, 4) is 0 Å². The van der Waals surface area contributed by atoms with Gasteiger partial charge in [-0.2, -0.15) is 5.10 Å². The lowest BCUT2D eigenvalue weighted by atomic mass is 10.0. The number of likely N-dealkylation sites (tertiary alicyclic amines) is 1.